The summed E-state index contributed by atoms with van der Waals surface area (Å²) in [4.78, 5) is 31.2. The zero-order valence-corrected chi connectivity index (χ0v) is 26.9. The topological polar surface area (TPSA) is 59.1 Å². The van der Waals surface area contributed by atoms with Gasteiger partial charge in [-0.15, -0.1) is 5.73 Å². The van der Waals surface area contributed by atoms with Crippen LogP contribution in [-0.4, -0.2) is 61.5 Å². The molecule has 6 nitrogen and oxygen atoms in total. The van der Waals surface area contributed by atoms with Crippen LogP contribution in [0.3, 0.4) is 0 Å². The minimum Gasteiger partial charge on any atom is -0.496 e. The Morgan fingerprint density at radius 3 is 2.58 bits per heavy atom. The first-order chi connectivity index (χ1) is 20.9. The number of ether oxygens (including phenoxy) is 2. The lowest BCUT2D eigenvalue weighted by Crippen LogP contribution is -2.45. The van der Waals surface area contributed by atoms with E-state index in [4.69, 9.17) is 9.47 Å². The number of likely N-dealkylation sites (tertiary alicyclic amines) is 2. The number of carbonyl (C=O) groups excluding carboxylic acids is 2. The van der Waals surface area contributed by atoms with Gasteiger partial charge in [-0.05, 0) is 98.9 Å². The van der Waals surface area contributed by atoms with Crippen LogP contribution < -0.4 is 9.47 Å². The van der Waals surface area contributed by atoms with Gasteiger partial charge in [0.2, 0.25) is 5.91 Å². The van der Waals surface area contributed by atoms with Crippen molar-refractivity contribution in [2.24, 2.45) is 5.92 Å². The van der Waals surface area contributed by atoms with Crippen LogP contribution in [0, 0.1) is 5.92 Å². The number of carbonyl (C=O) groups is 2. The number of methoxy groups -OCH3 is 1. The van der Waals surface area contributed by atoms with Crippen molar-refractivity contribution in [3.8, 4) is 11.5 Å². The van der Waals surface area contributed by atoms with Gasteiger partial charge in [0.05, 0.1) is 12.7 Å². The Hall–Kier alpha value is -3.54. The van der Waals surface area contributed by atoms with Gasteiger partial charge in [0.25, 0.3) is 5.91 Å². The fraction of sp³-hybridized carbons (Fsp3) is 0.472. The Bertz CT molecular complexity index is 1450. The summed E-state index contributed by atoms with van der Waals surface area (Å²) in [6, 6.07) is 6.29. The fourth-order valence-corrected chi connectivity index (χ4v) is 6.83. The lowest BCUT2D eigenvalue weighted by molar-refractivity contribution is -0.139. The van der Waals surface area contributed by atoms with Crippen molar-refractivity contribution >= 4 is 34.8 Å². The molecule has 1 aromatic heterocycles. The predicted octanol–water partition coefficient (Wildman–Crippen LogP) is 7.31. The highest BCUT2D eigenvalue weighted by molar-refractivity contribution is 7.07. The number of allylic oxidation sites excluding steroid dienone is 2. The molecule has 0 unspecified atom stereocenters. The van der Waals surface area contributed by atoms with E-state index in [0.717, 1.165) is 85.4 Å². The van der Waals surface area contributed by atoms with Gasteiger partial charge in [-0.1, -0.05) is 18.6 Å². The number of aryl methyl sites for hydroxylation is 1. The quantitative estimate of drug-likeness (QED) is 0.224. The van der Waals surface area contributed by atoms with E-state index in [2.05, 4.69) is 55.5 Å². The Morgan fingerprint density at radius 1 is 1.09 bits per heavy atom. The summed E-state index contributed by atoms with van der Waals surface area (Å²) in [6.07, 6.45) is 9.97. The number of amides is 2. The van der Waals surface area contributed by atoms with Crippen LogP contribution in [0.2, 0.25) is 0 Å². The Kier molecular flexibility index (Phi) is 10.3. The summed E-state index contributed by atoms with van der Waals surface area (Å²) >= 11 is 1.70. The largest absolute Gasteiger partial charge is 0.496 e. The summed E-state index contributed by atoms with van der Waals surface area (Å²) in [5, 5.41) is 4.30. The van der Waals surface area contributed by atoms with E-state index < -0.39 is 0 Å². The zero-order chi connectivity index (χ0) is 30.3. The highest BCUT2D eigenvalue weighted by Gasteiger charge is 2.33. The molecule has 1 atom stereocenters. The second-order valence-electron chi connectivity index (χ2n) is 11.9. The van der Waals surface area contributed by atoms with Crippen LogP contribution in [-0.2, 0) is 16.0 Å². The average molecular weight is 601 g/mol. The normalized spacial score (nSPS) is 18.0. The highest BCUT2D eigenvalue weighted by Crippen LogP contribution is 2.42. The number of nitrogens with zero attached hydrogens (tertiary/aromatic N) is 2. The van der Waals surface area contributed by atoms with Crippen LogP contribution in [0.15, 0.2) is 57.5 Å². The molecule has 2 saturated heterocycles. The molecule has 0 bridgehead atoms. The molecule has 3 aliphatic rings. The molecule has 0 aliphatic carbocycles. The first-order valence-corrected chi connectivity index (χ1v) is 16.6. The smallest absolute Gasteiger partial charge is 0.262 e. The number of rotatable bonds is 9. The second-order valence-corrected chi connectivity index (χ2v) is 12.7. The third-order valence-corrected chi connectivity index (χ3v) is 9.31. The maximum Gasteiger partial charge on any atom is 0.262 e. The van der Waals surface area contributed by atoms with Crippen LogP contribution in [0.25, 0.3) is 11.6 Å². The molecule has 0 saturated carbocycles. The van der Waals surface area contributed by atoms with E-state index in [9.17, 15) is 9.59 Å². The molecule has 3 aliphatic heterocycles. The van der Waals surface area contributed by atoms with Crippen molar-refractivity contribution in [1.29, 1.82) is 0 Å². The van der Waals surface area contributed by atoms with Crippen LogP contribution in [0.1, 0.15) is 76.0 Å². The lowest BCUT2D eigenvalue weighted by atomic mass is 9.87. The van der Waals surface area contributed by atoms with Crippen LogP contribution in [0.4, 0.5) is 0 Å². The monoisotopic (exact) mass is 600 g/mol. The van der Waals surface area contributed by atoms with Crippen molar-refractivity contribution < 1.29 is 19.1 Å². The van der Waals surface area contributed by atoms with Crippen LogP contribution in [0.5, 0.6) is 11.5 Å². The minimum absolute atomic E-state index is 0.00507. The molecule has 2 fully saturated rings. The lowest BCUT2D eigenvalue weighted by Gasteiger charge is -2.34. The van der Waals surface area contributed by atoms with Crippen molar-refractivity contribution in [2.75, 3.05) is 39.9 Å². The van der Waals surface area contributed by atoms with E-state index in [1.807, 2.05) is 21.9 Å². The molecule has 0 spiro atoms. The Labute approximate surface area is 260 Å². The molecule has 2 amide bonds. The SMILES string of the molecule is CCC=C=C(C(=O)N1CCC[C@@H](C(=O)N2CCC2)CC1)C1=C(CCc2ccsc2)c2cc(C=C(C)C)c(OC)cc2OC1. The van der Waals surface area contributed by atoms with Gasteiger partial charge in [0.1, 0.15) is 18.1 Å². The third-order valence-electron chi connectivity index (χ3n) is 8.58. The van der Waals surface area contributed by atoms with Crippen molar-refractivity contribution in [1.82, 2.24) is 9.80 Å². The van der Waals surface area contributed by atoms with E-state index in [0.29, 0.717) is 31.7 Å². The maximum absolute atomic E-state index is 14.3. The molecular formula is C36H44N2O4S. The molecule has 228 valence electrons. The molecule has 5 rings (SSSR count). The van der Waals surface area contributed by atoms with Crippen molar-refractivity contribution in [3.05, 3.63) is 74.2 Å². The number of thiophene rings is 1. The number of fused-ring (bicyclic) bond motifs is 1. The van der Waals surface area contributed by atoms with E-state index in [1.54, 1.807) is 18.4 Å². The molecule has 7 heteroatoms. The summed E-state index contributed by atoms with van der Waals surface area (Å²) in [7, 11) is 1.68. The summed E-state index contributed by atoms with van der Waals surface area (Å²) in [6.45, 7) is 9.48. The van der Waals surface area contributed by atoms with Gasteiger partial charge < -0.3 is 19.3 Å². The van der Waals surface area contributed by atoms with Gasteiger partial charge in [0.15, 0.2) is 0 Å². The molecule has 0 N–H and O–H groups in total. The first-order valence-electron chi connectivity index (χ1n) is 15.7. The average Bonchev–Trinajstić information content (AvgIpc) is 3.37. The minimum atomic E-state index is -0.0186. The number of benzene rings is 1. The predicted molar refractivity (Wildman–Crippen MR) is 174 cm³/mol. The molecule has 2 aromatic rings. The standard InChI is InChI=1S/C36H44N2O4S/c1-5-6-10-30(36(40)38-15-7-9-27(13-18-38)35(39)37-16-8-17-37)32-23-42-34-22-33(41-4)28(20-25(2)3)21-31(34)29(32)12-11-26-14-19-43-24-26/h6,14,19-22,24,27H,5,7-9,11-13,15-18,23H2,1-4H3/t10?,27-/m1/s1. The first kappa shape index (κ1) is 30.9. The van der Waals surface area contributed by atoms with Crippen molar-refractivity contribution in [2.45, 2.75) is 65.7 Å². The maximum atomic E-state index is 14.3. The molecular weight excluding hydrogens is 556 g/mol. The zero-order valence-electron chi connectivity index (χ0n) is 26.0. The van der Waals surface area contributed by atoms with Crippen LogP contribution >= 0.6 is 11.3 Å². The van der Waals surface area contributed by atoms with E-state index in [1.165, 1.54) is 11.1 Å². The summed E-state index contributed by atoms with van der Waals surface area (Å²) in [5.41, 5.74) is 10.5. The third kappa shape index (κ3) is 7.17. The van der Waals surface area contributed by atoms with Gasteiger partial charge in [-0.3, -0.25) is 9.59 Å². The second kappa shape index (κ2) is 14.3. The summed E-state index contributed by atoms with van der Waals surface area (Å²) < 4.78 is 12.1. The highest BCUT2D eigenvalue weighted by atomic mass is 32.1. The van der Waals surface area contributed by atoms with E-state index >= 15 is 0 Å². The van der Waals surface area contributed by atoms with Gasteiger partial charge in [-0.25, -0.2) is 0 Å². The van der Waals surface area contributed by atoms with Gasteiger partial charge >= 0.3 is 0 Å². The Morgan fingerprint density at radius 2 is 1.91 bits per heavy atom. The molecule has 4 heterocycles. The van der Waals surface area contributed by atoms with Crippen molar-refractivity contribution in [3.63, 3.8) is 0 Å². The fourth-order valence-electron chi connectivity index (χ4n) is 6.13. The molecule has 43 heavy (non-hydrogen) atoms. The molecule has 0 radical (unpaired) electrons. The number of hydrogen-bond acceptors (Lipinski definition) is 5. The van der Waals surface area contributed by atoms with Gasteiger partial charge in [-0.2, -0.15) is 11.3 Å². The number of hydrogen-bond donors (Lipinski definition) is 0. The summed E-state index contributed by atoms with van der Waals surface area (Å²) in [5.74, 6) is 1.80. The Balaban J connectivity index is 1.52. The molecule has 1 aromatic carbocycles. The van der Waals surface area contributed by atoms with E-state index in [-0.39, 0.29) is 17.7 Å². The van der Waals surface area contributed by atoms with Gasteiger partial charge in [0, 0.05) is 54.9 Å².